The van der Waals surface area contributed by atoms with E-state index in [0.29, 0.717) is 11.4 Å². The van der Waals surface area contributed by atoms with Crippen molar-refractivity contribution in [1.82, 2.24) is 24.6 Å². The molecule has 1 aliphatic heterocycles. The van der Waals surface area contributed by atoms with Gasteiger partial charge in [0.2, 0.25) is 0 Å². The van der Waals surface area contributed by atoms with Crippen molar-refractivity contribution in [3.8, 4) is 17.1 Å². The third kappa shape index (κ3) is 4.33. The zero-order valence-electron chi connectivity index (χ0n) is 19.0. The molecule has 1 aliphatic rings. The van der Waals surface area contributed by atoms with Crippen molar-refractivity contribution in [2.24, 2.45) is 0 Å². The molecule has 2 aromatic heterocycles. The van der Waals surface area contributed by atoms with Crippen molar-refractivity contribution < 1.29 is 13.2 Å². The summed E-state index contributed by atoms with van der Waals surface area (Å²) in [6, 6.07) is 15.1. The minimum atomic E-state index is -4.35. The Kier molecular flexibility index (Phi) is 5.69. The van der Waals surface area contributed by atoms with Crippen LogP contribution in [0.5, 0.6) is 0 Å². The smallest absolute Gasteiger partial charge is 0.294 e. The second kappa shape index (κ2) is 8.68. The molecular formula is C26H24F3N5. The monoisotopic (exact) mass is 463 g/mol. The van der Waals surface area contributed by atoms with E-state index in [1.165, 1.54) is 17.7 Å². The molecule has 174 valence electrons. The molecule has 2 aromatic carbocycles. The van der Waals surface area contributed by atoms with Crippen molar-refractivity contribution in [1.29, 1.82) is 0 Å². The van der Waals surface area contributed by atoms with Crippen LogP contribution in [0, 0.1) is 13.8 Å². The van der Waals surface area contributed by atoms with Gasteiger partial charge in [0.15, 0.2) is 5.82 Å². The Morgan fingerprint density at radius 1 is 0.971 bits per heavy atom. The molecular weight excluding hydrogens is 439 g/mol. The van der Waals surface area contributed by atoms with Crippen LogP contribution in [0.2, 0.25) is 0 Å². The number of aryl methyl sites for hydroxylation is 1. The van der Waals surface area contributed by atoms with Gasteiger partial charge in [0.1, 0.15) is 0 Å². The van der Waals surface area contributed by atoms with Gasteiger partial charge in [-0.05, 0) is 38.1 Å². The number of halogens is 3. The van der Waals surface area contributed by atoms with Crippen LogP contribution in [0.4, 0.5) is 13.2 Å². The predicted molar refractivity (Wildman–Crippen MR) is 123 cm³/mol. The van der Waals surface area contributed by atoms with Crippen LogP contribution in [-0.4, -0.2) is 31.2 Å². The standard InChI is InChI=1S/C26H24F3N5/c1-17-23(18(2)34(32-17)22-6-4-3-5-7-22)16-33-13-12-24-20(15-33)14-30-25(31-24)19-8-10-21(11-9-19)26(27,28)29/h3-11,14H,12-13,15-16H2,1-2H3. The normalized spacial score (nSPS) is 14.3. The number of para-hydroxylation sites is 1. The Morgan fingerprint density at radius 2 is 1.71 bits per heavy atom. The minimum Gasteiger partial charge on any atom is -0.294 e. The molecule has 0 unspecified atom stereocenters. The van der Waals surface area contributed by atoms with Gasteiger partial charge in [0.25, 0.3) is 0 Å². The molecule has 3 heterocycles. The van der Waals surface area contributed by atoms with Crippen molar-refractivity contribution in [3.63, 3.8) is 0 Å². The molecule has 5 rings (SSSR count). The van der Waals surface area contributed by atoms with E-state index in [9.17, 15) is 13.2 Å². The molecule has 0 bridgehead atoms. The van der Waals surface area contributed by atoms with Gasteiger partial charge in [0.05, 0.1) is 22.6 Å². The summed E-state index contributed by atoms with van der Waals surface area (Å²) in [4.78, 5) is 11.5. The number of rotatable bonds is 4. The second-order valence-electron chi connectivity index (χ2n) is 8.60. The molecule has 0 N–H and O–H groups in total. The predicted octanol–water partition coefficient (Wildman–Crippen LogP) is 5.52. The van der Waals surface area contributed by atoms with Gasteiger partial charge < -0.3 is 0 Å². The van der Waals surface area contributed by atoms with E-state index in [4.69, 9.17) is 5.10 Å². The summed E-state index contributed by atoms with van der Waals surface area (Å²) in [5, 5.41) is 4.75. The largest absolute Gasteiger partial charge is 0.416 e. The number of hydrogen-bond acceptors (Lipinski definition) is 4. The summed E-state index contributed by atoms with van der Waals surface area (Å²) in [5.41, 5.74) is 6.31. The number of hydrogen-bond donors (Lipinski definition) is 0. The van der Waals surface area contributed by atoms with Crippen LogP contribution >= 0.6 is 0 Å². The van der Waals surface area contributed by atoms with Gasteiger partial charge in [-0.3, -0.25) is 4.90 Å². The quantitative estimate of drug-likeness (QED) is 0.400. The molecule has 0 radical (unpaired) electrons. The maximum atomic E-state index is 12.8. The van der Waals surface area contributed by atoms with Crippen LogP contribution in [0.3, 0.4) is 0 Å². The summed E-state index contributed by atoms with van der Waals surface area (Å²) in [6.07, 6.45) is -1.79. The van der Waals surface area contributed by atoms with E-state index in [1.54, 1.807) is 6.20 Å². The average Bonchev–Trinajstić information content (AvgIpc) is 3.12. The lowest BCUT2D eigenvalue weighted by Gasteiger charge is -2.28. The molecule has 0 saturated heterocycles. The molecule has 0 aliphatic carbocycles. The van der Waals surface area contributed by atoms with Crippen molar-refractivity contribution >= 4 is 0 Å². The molecule has 0 spiro atoms. The van der Waals surface area contributed by atoms with E-state index in [1.807, 2.05) is 41.9 Å². The fourth-order valence-electron chi connectivity index (χ4n) is 4.40. The number of benzene rings is 2. The van der Waals surface area contributed by atoms with Crippen LogP contribution < -0.4 is 0 Å². The molecule has 0 atom stereocenters. The van der Waals surface area contributed by atoms with E-state index >= 15 is 0 Å². The summed E-state index contributed by atoms with van der Waals surface area (Å²) in [5.74, 6) is 0.455. The molecule has 0 fully saturated rings. The summed E-state index contributed by atoms with van der Waals surface area (Å²) in [6.45, 7) is 6.48. The zero-order valence-corrected chi connectivity index (χ0v) is 19.0. The van der Waals surface area contributed by atoms with Crippen molar-refractivity contribution in [2.75, 3.05) is 6.54 Å². The first-order valence-corrected chi connectivity index (χ1v) is 11.1. The Morgan fingerprint density at radius 3 is 2.41 bits per heavy atom. The first kappa shape index (κ1) is 22.3. The van der Waals surface area contributed by atoms with Crippen LogP contribution in [0.1, 0.15) is 33.8 Å². The number of fused-ring (bicyclic) bond motifs is 1. The number of alkyl halides is 3. The molecule has 0 amide bonds. The van der Waals surface area contributed by atoms with Gasteiger partial charge in [0, 0.05) is 54.6 Å². The van der Waals surface area contributed by atoms with Crippen LogP contribution in [0.15, 0.2) is 60.8 Å². The first-order valence-electron chi connectivity index (χ1n) is 11.1. The maximum absolute atomic E-state index is 12.8. The van der Waals surface area contributed by atoms with E-state index in [2.05, 4.69) is 21.8 Å². The topological polar surface area (TPSA) is 46.8 Å². The van der Waals surface area contributed by atoms with Gasteiger partial charge in [-0.1, -0.05) is 30.3 Å². The van der Waals surface area contributed by atoms with Gasteiger partial charge in [-0.2, -0.15) is 18.3 Å². The van der Waals surface area contributed by atoms with Gasteiger partial charge in [-0.25, -0.2) is 14.6 Å². The highest BCUT2D eigenvalue weighted by Crippen LogP contribution is 2.31. The van der Waals surface area contributed by atoms with E-state index in [0.717, 1.165) is 66.5 Å². The summed E-state index contributed by atoms with van der Waals surface area (Å²) >= 11 is 0. The molecule has 8 heteroatoms. The minimum absolute atomic E-state index is 0.455. The van der Waals surface area contributed by atoms with E-state index < -0.39 is 11.7 Å². The Balaban J connectivity index is 1.32. The number of nitrogens with zero attached hydrogens (tertiary/aromatic N) is 5. The lowest BCUT2D eigenvalue weighted by Crippen LogP contribution is -2.31. The van der Waals surface area contributed by atoms with Crippen molar-refractivity contribution in [3.05, 3.63) is 94.6 Å². The lowest BCUT2D eigenvalue weighted by atomic mass is 10.0. The highest BCUT2D eigenvalue weighted by molar-refractivity contribution is 5.56. The maximum Gasteiger partial charge on any atom is 0.416 e. The first-order chi connectivity index (χ1) is 16.3. The number of aromatic nitrogens is 4. The van der Waals surface area contributed by atoms with Crippen LogP contribution in [-0.2, 0) is 25.7 Å². The molecule has 0 saturated carbocycles. The molecule has 5 nitrogen and oxygen atoms in total. The summed E-state index contributed by atoms with van der Waals surface area (Å²) < 4.78 is 40.5. The third-order valence-electron chi connectivity index (χ3n) is 6.31. The van der Waals surface area contributed by atoms with Crippen molar-refractivity contribution in [2.45, 2.75) is 39.5 Å². The van der Waals surface area contributed by atoms with Crippen LogP contribution in [0.25, 0.3) is 17.1 Å². The Labute approximate surface area is 195 Å². The van der Waals surface area contributed by atoms with E-state index in [-0.39, 0.29) is 0 Å². The SMILES string of the molecule is Cc1nn(-c2ccccc2)c(C)c1CN1CCc2nc(-c3ccc(C(F)(F)F)cc3)ncc2C1. The highest BCUT2D eigenvalue weighted by Gasteiger charge is 2.30. The highest BCUT2D eigenvalue weighted by atomic mass is 19.4. The second-order valence-corrected chi connectivity index (χ2v) is 8.60. The Bertz CT molecular complexity index is 1310. The molecule has 4 aromatic rings. The molecule has 34 heavy (non-hydrogen) atoms. The third-order valence-corrected chi connectivity index (χ3v) is 6.31. The van der Waals surface area contributed by atoms with Gasteiger partial charge in [-0.15, -0.1) is 0 Å². The summed E-state index contributed by atoms with van der Waals surface area (Å²) in [7, 11) is 0. The zero-order chi connectivity index (χ0) is 23.9. The fourth-order valence-corrected chi connectivity index (χ4v) is 4.40. The van der Waals surface area contributed by atoms with Gasteiger partial charge >= 0.3 is 6.18 Å². The average molecular weight is 464 g/mol. The lowest BCUT2D eigenvalue weighted by molar-refractivity contribution is -0.137. The Hall–Kier alpha value is -3.52. The fraction of sp³-hybridized carbons (Fsp3) is 0.269.